The van der Waals surface area contributed by atoms with Crippen LogP contribution >= 0.6 is 0 Å². The van der Waals surface area contributed by atoms with Crippen LogP contribution in [0.15, 0.2) is 35.0 Å². The first kappa shape index (κ1) is 10.5. The lowest BCUT2D eigenvalue weighted by Gasteiger charge is -2.12. The van der Waals surface area contributed by atoms with Gasteiger partial charge in [0.1, 0.15) is 11.8 Å². The van der Waals surface area contributed by atoms with Crippen LogP contribution in [0.2, 0.25) is 0 Å². The molecule has 2 aromatic heterocycles. The topological polar surface area (TPSA) is 68.3 Å². The minimum atomic E-state index is -1.05. The van der Waals surface area contributed by atoms with E-state index in [0.29, 0.717) is 5.76 Å². The van der Waals surface area contributed by atoms with Gasteiger partial charge >= 0.3 is 5.97 Å². The minimum Gasteiger partial charge on any atom is -0.475 e. The van der Waals surface area contributed by atoms with E-state index in [2.05, 4.69) is 5.10 Å². The molecule has 0 unspecified atom stereocenters. The molecule has 0 amide bonds. The van der Waals surface area contributed by atoms with Gasteiger partial charge < -0.3 is 9.52 Å². The quantitative estimate of drug-likeness (QED) is 0.857. The van der Waals surface area contributed by atoms with Gasteiger partial charge in [0.2, 0.25) is 5.76 Å². The van der Waals surface area contributed by atoms with Crippen molar-refractivity contribution in [3.63, 3.8) is 0 Å². The van der Waals surface area contributed by atoms with E-state index < -0.39 is 5.97 Å². The van der Waals surface area contributed by atoms with Crippen molar-refractivity contribution in [1.29, 1.82) is 0 Å². The van der Waals surface area contributed by atoms with Crippen LogP contribution in [-0.2, 0) is 0 Å². The third kappa shape index (κ3) is 1.84. The summed E-state index contributed by atoms with van der Waals surface area (Å²) in [7, 11) is 0. The Hall–Kier alpha value is -2.04. The fraction of sp³-hybridized carbons (Fsp3) is 0.273. The molecule has 2 aromatic rings. The Labute approximate surface area is 92.3 Å². The fourth-order valence-corrected chi connectivity index (χ4v) is 1.63. The zero-order chi connectivity index (χ0) is 11.5. The lowest BCUT2D eigenvalue weighted by molar-refractivity contribution is 0.0659. The van der Waals surface area contributed by atoms with Gasteiger partial charge in [-0.2, -0.15) is 5.10 Å². The van der Waals surface area contributed by atoms with Crippen LogP contribution in [-0.4, -0.2) is 20.9 Å². The monoisotopic (exact) mass is 220 g/mol. The van der Waals surface area contributed by atoms with Crippen molar-refractivity contribution >= 4 is 5.97 Å². The Balaban J connectivity index is 2.30. The Morgan fingerprint density at radius 3 is 2.94 bits per heavy atom. The second kappa shape index (κ2) is 4.22. The number of aromatic nitrogens is 2. The predicted molar refractivity (Wildman–Crippen MR) is 56.3 cm³/mol. The molecule has 0 bridgehead atoms. The largest absolute Gasteiger partial charge is 0.475 e. The first-order valence-corrected chi connectivity index (χ1v) is 5.04. The summed E-state index contributed by atoms with van der Waals surface area (Å²) in [5.41, 5.74) is 0. The molecule has 0 saturated carbocycles. The lowest BCUT2D eigenvalue weighted by Crippen LogP contribution is -2.09. The maximum Gasteiger partial charge on any atom is 0.371 e. The number of hydrogen-bond donors (Lipinski definition) is 1. The third-order valence-corrected chi connectivity index (χ3v) is 2.40. The number of hydrogen-bond acceptors (Lipinski definition) is 3. The molecular formula is C11H12N2O3. The Morgan fingerprint density at radius 1 is 1.62 bits per heavy atom. The maximum atomic E-state index is 10.7. The second-order valence-electron chi connectivity index (χ2n) is 3.42. The van der Waals surface area contributed by atoms with E-state index in [1.807, 2.05) is 19.2 Å². The van der Waals surface area contributed by atoms with Crippen molar-refractivity contribution < 1.29 is 14.3 Å². The van der Waals surface area contributed by atoms with Gasteiger partial charge in [-0.25, -0.2) is 4.79 Å². The van der Waals surface area contributed by atoms with Crippen molar-refractivity contribution in [1.82, 2.24) is 9.78 Å². The highest BCUT2D eigenvalue weighted by atomic mass is 16.4. The molecule has 5 heteroatoms. The van der Waals surface area contributed by atoms with Crippen molar-refractivity contribution in [2.75, 3.05) is 0 Å². The summed E-state index contributed by atoms with van der Waals surface area (Å²) in [5.74, 6) is -0.481. The number of carboxylic acid groups (broad SMARTS) is 1. The third-order valence-electron chi connectivity index (χ3n) is 2.40. The van der Waals surface area contributed by atoms with Crippen molar-refractivity contribution in [3.8, 4) is 0 Å². The minimum absolute atomic E-state index is 0.0411. The highest BCUT2D eigenvalue weighted by Crippen LogP contribution is 2.23. The highest BCUT2D eigenvalue weighted by Gasteiger charge is 2.17. The molecule has 0 aromatic carbocycles. The molecule has 2 rings (SSSR count). The van der Waals surface area contributed by atoms with Crippen LogP contribution in [0.25, 0.3) is 0 Å². The number of nitrogens with zero attached hydrogens (tertiary/aromatic N) is 2. The summed E-state index contributed by atoms with van der Waals surface area (Å²) in [5, 5.41) is 12.9. The van der Waals surface area contributed by atoms with E-state index in [4.69, 9.17) is 9.52 Å². The summed E-state index contributed by atoms with van der Waals surface area (Å²) in [6.07, 6.45) is 4.30. The smallest absolute Gasteiger partial charge is 0.371 e. The molecule has 1 N–H and O–H groups in total. The fourth-order valence-electron chi connectivity index (χ4n) is 1.63. The SMILES string of the molecule is CC[C@@H](c1ccc(C(=O)O)o1)n1cccn1. The summed E-state index contributed by atoms with van der Waals surface area (Å²) in [4.78, 5) is 10.7. The van der Waals surface area contributed by atoms with Gasteiger partial charge in [-0.1, -0.05) is 6.92 Å². The molecule has 1 atom stereocenters. The average Bonchev–Trinajstić information content (AvgIpc) is 2.88. The lowest BCUT2D eigenvalue weighted by atomic mass is 10.2. The molecule has 0 aliphatic heterocycles. The van der Waals surface area contributed by atoms with Crippen molar-refractivity contribution in [3.05, 3.63) is 42.1 Å². The van der Waals surface area contributed by atoms with Gasteiger partial charge in [0.15, 0.2) is 0 Å². The van der Waals surface area contributed by atoms with Crippen molar-refractivity contribution in [2.45, 2.75) is 19.4 Å². The summed E-state index contributed by atoms with van der Waals surface area (Å²) < 4.78 is 7.02. The molecule has 0 spiro atoms. The van der Waals surface area contributed by atoms with E-state index in [-0.39, 0.29) is 11.8 Å². The second-order valence-corrected chi connectivity index (χ2v) is 3.42. The van der Waals surface area contributed by atoms with Gasteiger partial charge in [-0.05, 0) is 24.6 Å². The van der Waals surface area contributed by atoms with E-state index in [0.717, 1.165) is 6.42 Å². The summed E-state index contributed by atoms with van der Waals surface area (Å²) in [6, 6.07) is 4.91. The van der Waals surface area contributed by atoms with Gasteiger partial charge in [0, 0.05) is 12.4 Å². The van der Waals surface area contributed by atoms with Crippen LogP contribution in [0.5, 0.6) is 0 Å². The Bertz CT molecular complexity index is 473. The number of rotatable bonds is 4. The first-order chi connectivity index (χ1) is 7.72. The summed E-state index contributed by atoms with van der Waals surface area (Å²) in [6.45, 7) is 2.00. The standard InChI is InChI=1S/C11H12N2O3/c1-2-8(13-7-3-6-12-13)9-4-5-10(16-9)11(14)15/h3-8H,2H2,1H3,(H,14,15)/t8-/m0/s1. The molecule has 84 valence electrons. The normalized spacial score (nSPS) is 12.6. The Kier molecular flexibility index (Phi) is 2.76. The van der Waals surface area contributed by atoms with Crippen LogP contribution in [0.3, 0.4) is 0 Å². The molecule has 0 saturated heterocycles. The molecule has 0 fully saturated rings. The van der Waals surface area contributed by atoms with Crippen LogP contribution < -0.4 is 0 Å². The highest BCUT2D eigenvalue weighted by molar-refractivity contribution is 5.84. The summed E-state index contributed by atoms with van der Waals surface area (Å²) >= 11 is 0. The van der Waals surface area contributed by atoms with Crippen LogP contribution in [0.1, 0.15) is 35.7 Å². The van der Waals surface area contributed by atoms with Gasteiger partial charge in [0.05, 0.1) is 0 Å². The molecule has 0 aliphatic rings. The molecule has 0 radical (unpaired) electrons. The number of carboxylic acids is 1. The van der Waals surface area contributed by atoms with Crippen molar-refractivity contribution in [2.24, 2.45) is 0 Å². The first-order valence-electron chi connectivity index (χ1n) is 5.04. The van der Waals surface area contributed by atoms with Gasteiger partial charge in [0.25, 0.3) is 0 Å². The molecule has 2 heterocycles. The zero-order valence-corrected chi connectivity index (χ0v) is 8.83. The maximum absolute atomic E-state index is 10.7. The number of aromatic carboxylic acids is 1. The number of carbonyl (C=O) groups is 1. The van der Waals surface area contributed by atoms with E-state index in [1.165, 1.54) is 6.07 Å². The van der Waals surface area contributed by atoms with Gasteiger partial charge in [-0.15, -0.1) is 0 Å². The molecule has 0 aliphatic carbocycles. The molecular weight excluding hydrogens is 208 g/mol. The zero-order valence-electron chi connectivity index (χ0n) is 8.83. The van der Waals surface area contributed by atoms with E-state index >= 15 is 0 Å². The van der Waals surface area contributed by atoms with Crippen LogP contribution in [0.4, 0.5) is 0 Å². The predicted octanol–water partition coefficient (Wildman–Crippen LogP) is 2.17. The average molecular weight is 220 g/mol. The number of furan rings is 1. The Morgan fingerprint density at radius 2 is 2.44 bits per heavy atom. The van der Waals surface area contributed by atoms with Crippen LogP contribution in [0, 0.1) is 0 Å². The van der Waals surface area contributed by atoms with E-state index in [1.54, 1.807) is 16.9 Å². The molecule has 5 nitrogen and oxygen atoms in total. The van der Waals surface area contributed by atoms with Gasteiger partial charge in [-0.3, -0.25) is 4.68 Å². The van der Waals surface area contributed by atoms with E-state index in [9.17, 15) is 4.79 Å². The molecule has 16 heavy (non-hydrogen) atoms.